The van der Waals surface area contributed by atoms with E-state index in [2.05, 4.69) is 240 Å². The third-order valence-corrected chi connectivity index (χ3v) is 11.4. The highest BCUT2D eigenvalue weighted by Crippen LogP contribution is 2.39. The minimum Gasteiger partial charge on any atom is -0.248 e. The average Bonchev–Trinajstić information content (AvgIpc) is 3.72. The first-order chi connectivity index (χ1) is 29.2. The van der Waals surface area contributed by atoms with E-state index >= 15 is 0 Å². The van der Waals surface area contributed by atoms with Crippen molar-refractivity contribution in [1.29, 1.82) is 0 Å². The molecule has 0 saturated carbocycles. The number of rotatable bonds is 7. The van der Waals surface area contributed by atoms with Gasteiger partial charge in [-0.05, 0) is 110 Å². The van der Waals surface area contributed by atoms with Gasteiger partial charge in [-0.1, -0.05) is 162 Å². The number of nitrogens with zero attached hydrogens (tertiary/aromatic N) is 3. The monoisotopic (exact) mass is 752 g/mol. The van der Waals surface area contributed by atoms with Crippen LogP contribution in [0.5, 0.6) is 0 Å². The maximum absolute atomic E-state index is 5.47. The molecule has 3 heteroatoms. The van der Waals surface area contributed by atoms with Crippen LogP contribution in [0, 0.1) is 0 Å². The molecule has 0 spiro atoms. The maximum atomic E-state index is 5.47. The summed E-state index contributed by atoms with van der Waals surface area (Å²) in [5.41, 5.74) is 14.1. The quantitative estimate of drug-likeness (QED) is 0.117. The molecule has 276 valence electrons. The topological polar surface area (TPSA) is 21.7 Å². The van der Waals surface area contributed by atoms with Crippen molar-refractivity contribution in [3.63, 3.8) is 0 Å². The van der Waals surface area contributed by atoms with Gasteiger partial charge in [-0.3, -0.25) is 0 Å². The van der Waals surface area contributed by atoms with Crippen LogP contribution in [0.3, 0.4) is 0 Å². The molecule has 2 aromatic heterocycles. The van der Waals surface area contributed by atoms with Crippen LogP contribution in [0.15, 0.2) is 231 Å². The Bertz CT molecular complexity index is 3310. The van der Waals surface area contributed by atoms with E-state index in [-0.39, 0.29) is 0 Å². The van der Waals surface area contributed by atoms with Crippen LogP contribution in [-0.2, 0) is 0 Å². The highest BCUT2D eigenvalue weighted by molar-refractivity contribution is 6.14. The number of para-hydroxylation sites is 2. The van der Waals surface area contributed by atoms with E-state index in [1.165, 1.54) is 38.2 Å². The zero-order chi connectivity index (χ0) is 39.1. The molecular formula is C56H38N3+. The number of pyridine rings is 1. The van der Waals surface area contributed by atoms with Gasteiger partial charge < -0.3 is 0 Å². The van der Waals surface area contributed by atoms with Gasteiger partial charge in [-0.25, -0.2) is 4.98 Å². The molecule has 0 unspecified atom stereocenters. The summed E-state index contributed by atoms with van der Waals surface area (Å²) in [5.74, 6) is 0. The molecule has 11 aromatic rings. The molecule has 0 aliphatic heterocycles. The zero-order valence-corrected chi connectivity index (χ0v) is 32.3. The van der Waals surface area contributed by atoms with Crippen LogP contribution in [0.2, 0.25) is 0 Å². The molecule has 2 heterocycles. The zero-order valence-electron chi connectivity index (χ0n) is 32.3. The van der Waals surface area contributed by atoms with E-state index in [0.29, 0.717) is 0 Å². The van der Waals surface area contributed by atoms with Crippen LogP contribution in [0.25, 0.3) is 99.7 Å². The Hall–Kier alpha value is -7.88. The van der Waals surface area contributed by atoms with Gasteiger partial charge in [0.05, 0.1) is 16.8 Å². The summed E-state index contributed by atoms with van der Waals surface area (Å²) in [6, 6.07) is 80.5. The smallest absolute Gasteiger partial charge is 0.237 e. The lowest BCUT2D eigenvalue weighted by Crippen LogP contribution is -2.39. The summed E-state index contributed by atoms with van der Waals surface area (Å²) >= 11 is 0. The fourth-order valence-corrected chi connectivity index (χ4v) is 8.57. The third-order valence-electron chi connectivity index (χ3n) is 11.4. The molecule has 0 radical (unpaired) electrons. The molecule has 59 heavy (non-hydrogen) atoms. The van der Waals surface area contributed by atoms with Gasteiger partial charge in [0.2, 0.25) is 11.9 Å². The van der Waals surface area contributed by atoms with Gasteiger partial charge in [0, 0.05) is 23.3 Å². The van der Waals surface area contributed by atoms with Crippen LogP contribution >= 0.6 is 0 Å². The highest BCUT2D eigenvalue weighted by Gasteiger charge is 2.23. The number of fused-ring (bicyclic) bond motifs is 4. The van der Waals surface area contributed by atoms with Crippen molar-refractivity contribution in [2.75, 3.05) is 0 Å². The van der Waals surface area contributed by atoms with E-state index in [1.807, 2.05) is 0 Å². The van der Waals surface area contributed by atoms with Crippen molar-refractivity contribution in [3.05, 3.63) is 231 Å². The lowest BCUT2D eigenvalue weighted by molar-refractivity contribution is -0.672. The Labute approximate surface area is 343 Å². The van der Waals surface area contributed by atoms with Gasteiger partial charge in [0.1, 0.15) is 11.2 Å². The van der Waals surface area contributed by atoms with Crippen molar-refractivity contribution >= 4 is 32.4 Å². The molecule has 0 amide bonds. The summed E-state index contributed by atoms with van der Waals surface area (Å²) < 4.78 is 4.60. The second kappa shape index (κ2) is 14.6. The van der Waals surface area contributed by atoms with Crippen molar-refractivity contribution in [1.82, 2.24) is 9.67 Å². The number of hydrogen-bond acceptors (Lipinski definition) is 1. The minimum atomic E-state index is 0.905. The predicted octanol–water partition coefficient (Wildman–Crippen LogP) is 13.9. The van der Waals surface area contributed by atoms with E-state index in [9.17, 15) is 0 Å². The van der Waals surface area contributed by atoms with Crippen molar-refractivity contribution in [2.24, 2.45) is 0 Å². The largest absolute Gasteiger partial charge is 0.248 e. The van der Waals surface area contributed by atoms with E-state index in [1.54, 1.807) is 0 Å². The molecule has 0 N–H and O–H groups in total. The van der Waals surface area contributed by atoms with Gasteiger partial charge in [0.15, 0.2) is 0 Å². The molecular weight excluding hydrogens is 715 g/mol. The normalized spacial score (nSPS) is 11.4. The third kappa shape index (κ3) is 6.36. The summed E-state index contributed by atoms with van der Waals surface area (Å²) in [6.45, 7) is 0. The Morgan fingerprint density at radius 2 is 0.881 bits per heavy atom. The highest BCUT2D eigenvalue weighted by atomic mass is 15.4. The standard InChI is InChI=1S/C56H38N3/c1-4-17-39(18-5-1)41-23-16-24-42(31-41)45-36-54(40-19-6-2-7-20-40)57-55(37-45)47-32-46(53-35-43-21-10-12-27-50(43)51-28-13-14-29-52(51)53)33-49(34-47)58-38-44-22-11-15-30-56(44)59(58)48-25-8-3-9-26-48/h1-38H/q+1. The molecule has 0 fully saturated rings. The molecule has 0 bridgehead atoms. The second-order valence-electron chi connectivity index (χ2n) is 15.1. The lowest BCUT2D eigenvalue weighted by atomic mass is 9.91. The Kier molecular flexibility index (Phi) is 8.49. The Morgan fingerprint density at radius 3 is 1.64 bits per heavy atom. The van der Waals surface area contributed by atoms with E-state index < -0.39 is 0 Å². The van der Waals surface area contributed by atoms with Crippen LogP contribution in [0.4, 0.5) is 0 Å². The van der Waals surface area contributed by atoms with E-state index in [4.69, 9.17) is 4.98 Å². The van der Waals surface area contributed by atoms with Crippen molar-refractivity contribution < 1.29 is 4.68 Å². The lowest BCUT2D eigenvalue weighted by Gasteiger charge is -2.15. The van der Waals surface area contributed by atoms with Crippen molar-refractivity contribution in [2.45, 2.75) is 0 Å². The molecule has 0 atom stereocenters. The summed E-state index contributed by atoms with van der Waals surface area (Å²) in [7, 11) is 0. The number of aromatic nitrogens is 3. The predicted molar refractivity (Wildman–Crippen MR) is 245 cm³/mol. The maximum Gasteiger partial charge on any atom is 0.237 e. The first-order valence-electron chi connectivity index (χ1n) is 20.1. The molecule has 9 aromatic carbocycles. The van der Waals surface area contributed by atoms with Crippen LogP contribution in [0.1, 0.15) is 0 Å². The minimum absolute atomic E-state index is 0.905. The van der Waals surface area contributed by atoms with Gasteiger partial charge >= 0.3 is 0 Å². The second-order valence-corrected chi connectivity index (χ2v) is 15.1. The van der Waals surface area contributed by atoms with Gasteiger partial charge in [0.25, 0.3) is 0 Å². The number of benzene rings is 9. The van der Waals surface area contributed by atoms with Gasteiger partial charge in [-0.2, -0.15) is 0 Å². The fourth-order valence-electron chi connectivity index (χ4n) is 8.57. The molecule has 0 aliphatic carbocycles. The summed E-state index contributed by atoms with van der Waals surface area (Å²) in [6.07, 6.45) is 2.25. The Balaban J connectivity index is 1.20. The first-order valence-corrected chi connectivity index (χ1v) is 20.1. The Morgan fingerprint density at radius 1 is 0.339 bits per heavy atom. The van der Waals surface area contributed by atoms with Gasteiger partial charge in [-0.15, -0.1) is 4.68 Å². The van der Waals surface area contributed by atoms with Crippen LogP contribution in [-0.4, -0.2) is 9.67 Å². The molecule has 11 rings (SSSR count). The molecule has 0 saturated heterocycles. The molecule has 3 nitrogen and oxygen atoms in total. The first kappa shape index (κ1) is 34.4. The summed E-state index contributed by atoms with van der Waals surface area (Å²) in [5, 5.41) is 6.07. The SMILES string of the molecule is c1ccc(-c2cccc(-c3cc(-c4ccccc4)nc(-c4cc(-c5cc6ccccc6c6ccccc56)cc(-[n+]5cc6ccccc6n5-c5ccccc5)c4)c3)c2)cc1. The average molecular weight is 753 g/mol. The summed E-state index contributed by atoms with van der Waals surface area (Å²) in [4.78, 5) is 5.47. The fraction of sp³-hybridized carbons (Fsp3) is 0. The molecule has 0 aliphatic rings. The van der Waals surface area contributed by atoms with Crippen LogP contribution < -0.4 is 4.68 Å². The van der Waals surface area contributed by atoms with E-state index in [0.717, 1.165) is 61.5 Å². The number of hydrogen-bond donors (Lipinski definition) is 0. The van der Waals surface area contributed by atoms with Crippen molar-refractivity contribution in [3.8, 4) is 67.3 Å².